The van der Waals surface area contributed by atoms with E-state index in [1.165, 1.54) is 11.8 Å². The maximum Gasteiger partial charge on any atom is 0.255 e. The van der Waals surface area contributed by atoms with Crippen molar-refractivity contribution in [2.45, 2.75) is 36.7 Å². The number of nitrogens with one attached hydrogen (secondary N) is 2. The first kappa shape index (κ1) is 17.3. The molecule has 0 amide bonds. The summed E-state index contributed by atoms with van der Waals surface area (Å²) in [6.07, 6.45) is 0.779. The van der Waals surface area contributed by atoms with Crippen LogP contribution >= 0.6 is 11.8 Å². The predicted molar refractivity (Wildman–Crippen MR) is 106 cm³/mol. The maximum atomic E-state index is 12.2. The maximum absolute atomic E-state index is 12.2. The van der Waals surface area contributed by atoms with Crippen LogP contribution in [0.1, 0.15) is 22.8 Å². The lowest BCUT2D eigenvalue weighted by Crippen LogP contribution is -2.35. The van der Waals surface area contributed by atoms with Crippen molar-refractivity contribution < 1.29 is 4.42 Å². The number of H-pyrrole nitrogens is 2. The van der Waals surface area contributed by atoms with Crippen molar-refractivity contribution >= 4 is 22.8 Å². The number of nitrogens with zero attached hydrogens (tertiary/aromatic N) is 3. The van der Waals surface area contributed by atoms with Crippen LogP contribution in [0.5, 0.6) is 0 Å². The number of furan rings is 1. The molecule has 0 aliphatic carbocycles. The molecule has 1 aliphatic heterocycles. The Balaban J connectivity index is 1.28. The molecular formula is C20H19N5O2S. The Labute approximate surface area is 165 Å². The van der Waals surface area contributed by atoms with Crippen LogP contribution in [0.3, 0.4) is 0 Å². The van der Waals surface area contributed by atoms with Gasteiger partial charge >= 0.3 is 0 Å². The Morgan fingerprint density at radius 2 is 2.07 bits per heavy atom. The topological polar surface area (TPSA) is 90.8 Å². The van der Waals surface area contributed by atoms with Crippen LogP contribution in [0.2, 0.25) is 0 Å². The normalized spacial score (nSPS) is 14.5. The molecule has 0 unspecified atom stereocenters. The Morgan fingerprint density at radius 1 is 1.18 bits per heavy atom. The molecule has 8 heteroatoms. The fourth-order valence-electron chi connectivity index (χ4n) is 3.53. The molecule has 1 aliphatic rings. The van der Waals surface area contributed by atoms with Crippen molar-refractivity contribution in [3.05, 3.63) is 69.6 Å². The number of aromatic nitrogens is 4. The van der Waals surface area contributed by atoms with E-state index in [0.717, 1.165) is 51.3 Å². The molecule has 0 fully saturated rings. The molecular weight excluding hydrogens is 374 g/mol. The van der Waals surface area contributed by atoms with Gasteiger partial charge in [-0.2, -0.15) is 0 Å². The fraction of sp³-hybridized carbons (Fsp3) is 0.250. The summed E-state index contributed by atoms with van der Waals surface area (Å²) in [7, 11) is 0. The van der Waals surface area contributed by atoms with Crippen molar-refractivity contribution in [1.29, 1.82) is 0 Å². The van der Waals surface area contributed by atoms with E-state index < -0.39 is 0 Å². The zero-order valence-corrected chi connectivity index (χ0v) is 16.2. The van der Waals surface area contributed by atoms with Crippen LogP contribution < -0.4 is 5.56 Å². The van der Waals surface area contributed by atoms with Gasteiger partial charge in [-0.25, -0.2) is 9.97 Å². The highest BCUT2D eigenvalue weighted by Gasteiger charge is 2.21. The second-order valence-electron chi connectivity index (χ2n) is 6.92. The summed E-state index contributed by atoms with van der Waals surface area (Å²) in [6, 6.07) is 11.9. The minimum atomic E-state index is -0.0345. The van der Waals surface area contributed by atoms with Crippen molar-refractivity contribution in [2.75, 3.05) is 6.54 Å². The standard InChI is InChI=1S/C20H19N5O2S/c1-12-21-15-8-9-25(11-14(15)19(26)22-12)10-13-6-7-18(27-13)28-20-23-16-4-2-3-5-17(16)24-20/h2-7H,8-11H2,1H3,(H,23,24)(H,21,22,26). The molecule has 0 saturated heterocycles. The Bertz CT molecular complexity index is 1180. The molecule has 1 aromatic carbocycles. The van der Waals surface area contributed by atoms with Crippen molar-refractivity contribution in [3.8, 4) is 0 Å². The number of aryl methyl sites for hydroxylation is 1. The average Bonchev–Trinajstić information content (AvgIpc) is 3.28. The van der Waals surface area contributed by atoms with Gasteiger partial charge in [0.2, 0.25) is 0 Å². The monoisotopic (exact) mass is 393 g/mol. The summed E-state index contributed by atoms with van der Waals surface area (Å²) in [5, 5.41) is 1.60. The smallest absolute Gasteiger partial charge is 0.255 e. The Kier molecular flexibility index (Phi) is 4.29. The minimum absolute atomic E-state index is 0.0345. The third-order valence-electron chi connectivity index (χ3n) is 4.85. The van der Waals surface area contributed by atoms with Gasteiger partial charge in [0.1, 0.15) is 11.6 Å². The lowest BCUT2D eigenvalue weighted by molar-refractivity contribution is 0.217. The predicted octanol–water partition coefficient (Wildman–Crippen LogP) is 3.26. The van der Waals surface area contributed by atoms with E-state index in [2.05, 4.69) is 24.8 Å². The van der Waals surface area contributed by atoms with Crippen LogP contribution in [0, 0.1) is 6.92 Å². The van der Waals surface area contributed by atoms with Gasteiger partial charge in [0.05, 0.1) is 28.8 Å². The van der Waals surface area contributed by atoms with E-state index in [9.17, 15) is 4.79 Å². The molecule has 0 radical (unpaired) electrons. The molecule has 0 spiro atoms. The lowest BCUT2D eigenvalue weighted by atomic mass is 10.1. The number of hydrogen-bond donors (Lipinski definition) is 2. The molecule has 5 rings (SSSR count). The number of hydrogen-bond acceptors (Lipinski definition) is 6. The quantitative estimate of drug-likeness (QED) is 0.553. The van der Waals surface area contributed by atoms with E-state index >= 15 is 0 Å². The second-order valence-corrected chi connectivity index (χ2v) is 7.91. The molecule has 142 valence electrons. The van der Waals surface area contributed by atoms with Gasteiger partial charge in [0.25, 0.3) is 5.56 Å². The Hall–Kier alpha value is -2.84. The zero-order valence-electron chi connectivity index (χ0n) is 15.4. The van der Waals surface area contributed by atoms with Gasteiger partial charge in [-0.05, 0) is 43.0 Å². The number of imidazole rings is 1. The van der Waals surface area contributed by atoms with Crippen LogP contribution in [0.25, 0.3) is 11.0 Å². The fourth-order valence-corrected chi connectivity index (χ4v) is 4.31. The van der Waals surface area contributed by atoms with Gasteiger partial charge < -0.3 is 14.4 Å². The second kappa shape index (κ2) is 6.96. The van der Waals surface area contributed by atoms with Gasteiger partial charge in [-0.15, -0.1) is 0 Å². The third kappa shape index (κ3) is 3.36. The SMILES string of the molecule is Cc1nc2c(c(=O)[nH]1)CN(Cc1ccc(Sc3nc4ccccc4[nH]3)o1)CC2. The van der Waals surface area contributed by atoms with E-state index in [1.807, 2.05) is 43.3 Å². The number of benzene rings is 1. The largest absolute Gasteiger partial charge is 0.453 e. The highest BCUT2D eigenvalue weighted by Crippen LogP contribution is 2.29. The first-order chi connectivity index (χ1) is 13.6. The third-order valence-corrected chi connectivity index (χ3v) is 5.65. The minimum Gasteiger partial charge on any atom is -0.453 e. The van der Waals surface area contributed by atoms with Crippen LogP contribution in [0.15, 0.2) is 55.9 Å². The molecule has 7 nitrogen and oxygen atoms in total. The number of fused-ring (bicyclic) bond motifs is 2. The molecule has 4 aromatic rings. The van der Waals surface area contributed by atoms with E-state index in [0.29, 0.717) is 18.9 Å². The molecule has 0 bridgehead atoms. The average molecular weight is 393 g/mol. The molecule has 4 heterocycles. The van der Waals surface area contributed by atoms with Gasteiger partial charge in [-0.1, -0.05) is 12.1 Å². The summed E-state index contributed by atoms with van der Waals surface area (Å²) in [5.41, 5.74) is 3.60. The number of rotatable bonds is 4. The van der Waals surface area contributed by atoms with E-state index in [1.54, 1.807) is 0 Å². The van der Waals surface area contributed by atoms with Gasteiger partial charge in [0, 0.05) is 19.5 Å². The summed E-state index contributed by atoms with van der Waals surface area (Å²) < 4.78 is 5.98. The zero-order chi connectivity index (χ0) is 19.1. The molecule has 28 heavy (non-hydrogen) atoms. The van der Waals surface area contributed by atoms with E-state index in [4.69, 9.17) is 4.42 Å². The summed E-state index contributed by atoms with van der Waals surface area (Å²) in [6.45, 7) is 3.92. The highest BCUT2D eigenvalue weighted by molar-refractivity contribution is 7.99. The van der Waals surface area contributed by atoms with Crippen LogP contribution in [-0.2, 0) is 19.5 Å². The summed E-state index contributed by atoms with van der Waals surface area (Å²) in [5.74, 6) is 1.55. The lowest BCUT2D eigenvalue weighted by Gasteiger charge is -2.26. The Morgan fingerprint density at radius 3 is 2.96 bits per heavy atom. The molecule has 0 atom stereocenters. The van der Waals surface area contributed by atoms with Crippen molar-refractivity contribution in [2.24, 2.45) is 0 Å². The first-order valence-electron chi connectivity index (χ1n) is 9.16. The number of para-hydroxylation sites is 2. The van der Waals surface area contributed by atoms with Crippen LogP contribution in [0.4, 0.5) is 0 Å². The molecule has 3 aromatic heterocycles. The van der Waals surface area contributed by atoms with E-state index in [-0.39, 0.29) is 5.56 Å². The highest BCUT2D eigenvalue weighted by atomic mass is 32.2. The summed E-state index contributed by atoms with van der Waals surface area (Å²) in [4.78, 5) is 29.5. The van der Waals surface area contributed by atoms with Crippen LogP contribution in [-0.4, -0.2) is 31.4 Å². The number of aromatic amines is 2. The first-order valence-corrected chi connectivity index (χ1v) is 9.98. The van der Waals surface area contributed by atoms with Gasteiger partial charge in [-0.3, -0.25) is 9.69 Å². The molecule has 2 N–H and O–H groups in total. The van der Waals surface area contributed by atoms with Gasteiger partial charge in [0.15, 0.2) is 10.2 Å². The van der Waals surface area contributed by atoms with Crippen molar-refractivity contribution in [3.63, 3.8) is 0 Å². The van der Waals surface area contributed by atoms with Crippen molar-refractivity contribution in [1.82, 2.24) is 24.8 Å². The molecule has 0 saturated carbocycles. The summed E-state index contributed by atoms with van der Waals surface area (Å²) >= 11 is 1.47.